The quantitative estimate of drug-likeness (QED) is 0.576. The Morgan fingerprint density at radius 3 is 2.70 bits per heavy atom. The first-order valence-corrected chi connectivity index (χ1v) is 9.10. The van der Waals surface area contributed by atoms with Gasteiger partial charge < -0.3 is 21.1 Å². The monoisotopic (exact) mass is 409 g/mol. The van der Waals surface area contributed by atoms with Gasteiger partial charge >= 0.3 is 6.09 Å². The van der Waals surface area contributed by atoms with Crippen LogP contribution >= 0.6 is 0 Å². The zero-order valence-corrected chi connectivity index (χ0v) is 16.3. The molecule has 0 spiro atoms. The molecule has 0 saturated carbocycles. The number of rotatable bonds is 4. The van der Waals surface area contributed by atoms with Gasteiger partial charge in [-0.1, -0.05) is 12.1 Å². The van der Waals surface area contributed by atoms with Gasteiger partial charge in [0.2, 0.25) is 0 Å². The van der Waals surface area contributed by atoms with Gasteiger partial charge in [-0.05, 0) is 30.5 Å². The molecule has 154 valence electrons. The molecule has 9 nitrogen and oxygen atoms in total. The number of hydrogen-bond donors (Lipinski definition) is 2. The Morgan fingerprint density at radius 2 is 2.10 bits per heavy atom. The fourth-order valence-corrected chi connectivity index (χ4v) is 3.03. The lowest BCUT2D eigenvalue weighted by Gasteiger charge is -2.29. The lowest BCUT2D eigenvalue weighted by Crippen LogP contribution is -2.30. The van der Waals surface area contributed by atoms with Gasteiger partial charge in [-0.15, -0.1) is 4.99 Å². The highest BCUT2D eigenvalue weighted by molar-refractivity contribution is 5.87. The second-order valence-corrected chi connectivity index (χ2v) is 6.65. The van der Waals surface area contributed by atoms with Gasteiger partial charge in [0, 0.05) is 31.0 Å². The molecular formula is C20H20FN7O2. The van der Waals surface area contributed by atoms with Gasteiger partial charge in [-0.25, -0.2) is 19.2 Å². The largest absolute Gasteiger partial charge is 0.443 e. The van der Waals surface area contributed by atoms with E-state index in [0.717, 1.165) is 11.1 Å². The Morgan fingerprint density at radius 1 is 1.37 bits per heavy atom. The molecule has 3 rings (SSSR count). The van der Waals surface area contributed by atoms with Gasteiger partial charge in [-0.3, -0.25) is 0 Å². The normalized spacial score (nSPS) is 13.2. The van der Waals surface area contributed by atoms with Crippen LogP contribution in [0, 0.1) is 24.1 Å². The summed E-state index contributed by atoms with van der Waals surface area (Å²) in [6.07, 6.45) is 4.98. The summed E-state index contributed by atoms with van der Waals surface area (Å²) in [5.74, 6) is -0.439. The van der Waals surface area contributed by atoms with Crippen molar-refractivity contribution in [2.24, 2.45) is 16.5 Å². The Balaban J connectivity index is 1.81. The van der Waals surface area contributed by atoms with Crippen LogP contribution in [0.2, 0.25) is 0 Å². The highest BCUT2D eigenvalue weighted by atomic mass is 19.1. The fraction of sp³-hybridized carbons (Fsp3) is 0.250. The molecule has 1 aromatic heterocycles. The molecule has 0 unspecified atom stereocenters. The molecular weight excluding hydrogens is 389 g/mol. The highest BCUT2D eigenvalue weighted by Crippen LogP contribution is 2.31. The number of amides is 1. The minimum atomic E-state index is -1.02. The first-order valence-electron chi connectivity index (χ1n) is 9.10. The summed E-state index contributed by atoms with van der Waals surface area (Å²) < 4.78 is 20.0. The first kappa shape index (κ1) is 20.7. The van der Waals surface area contributed by atoms with Crippen molar-refractivity contribution >= 4 is 23.3 Å². The number of benzene rings is 1. The van der Waals surface area contributed by atoms with Crippen LogP contribution < -0.4 is 16.4 Å². The third kappa shape index (κ3) is 4.70. The number of ether oxygens (including phenoxy) is 1. The third-order valence-electron chi connectivity index (χ3n) is 4.48. The van der Waals surface area contributed by atoms with Crippen LogP contribution in [-0.4, -0.2) is 35.1 Å². The van der Waals surface area contributed by atoms with Crippen LogP contribution in [0.4, 0.5) is 14.9 Å². The molecule has 10 heteroatoms. The summed E-state index contributed by atoms with van der Waals surface area (Å²) >= 11 is 0. The Hall–Kier alpha value is -4.00. The average molecular weight is 409 g/mol. The predicted molar refractivity (Wildman–Crippen MR) is 109 cm³/mol. The number of aliphatic imine (C=N–C) groups is 1. The van der Waals surface area contributed by atoms with Crippen molar-refractivity contribution in [3.8, 4) is 6.07 Å². The SMILES string of the molecule is Cc1cnc(C2=CCN(c3c(C#N)ccc(COC(=O)N=C(N)N)c3F)CC2)nc1. The molecule has 4 N–H and O–H groups in total. The minimum Gasteiger partial charge on any atom is -0.443 e. The lowest BCUT2D eigenvalue weighted by molar-refractivity contribution is 0.149. The number of anilines is 1. The molecule has 0 atom stereocenters. The van der Waals surface area contributed by atoms with Crippen molar-refractivity contribution in [2.75, 3.05) is 18.0 Å². The number of hydrogen-bond acceptors (Lipinski definition) is 6. The average Bonchev–Trinajstić information content (AvgIpc) is 2.73. The molecule has 2 aromatic rings. The number of aromatic nitrogens is 2. The standard InChI is InChI=1S/C20H20FN7O2/c1-12-9-25-18(26-10-12)13-4-6-28(7-5-13)17-14(8-22)2-3-15(16(17)21)11-30-20(29)27-19(23)24/h2-4,9-10H,5-7,11H2,1H3,(H4,23,24,27,29). The van der Waals surface area contributed by atoms with E-state index in [4.69, 9.17) is 16.2 Å². The van der Waals surface area contributed by atoms with E-state index in [1.54, 1.807) is 17.3 Å². The maximum absolute atomic E-state index is 15.2. The number of nitrogens with two attached hydrogens (primary N) is 2. The van der Waals surface area contributed by atoms with E-state index >= 15 is 4.39 Å². The van der Waals surface area contributed by atoms with Crippen molar-refractivity contribution in [3.63, 3.8) is 0 Å². The van der Waals surface area contributed by atoms with Gasteiger partial charge in [0.1, 0.15) is 12.7 Å². The van der Waals surface area contributed by atoms with Crippen molar-refractivity contribution in [1.29, 1.82) is 5.26 Å². The number of carbonyl (C=O) groups is 1. The second kappa shape index (κ2) is 9.00. The van der Waals surface area contributed by atoms with Gasteiger partial charge in [0.15, 0.2) is 17.6 Å². The van der Waals surface area contributed by atoms with Crippen LogP contribution in [0.5, 0.6) is 0 Å². The number of aryl methyl sites for hydroxylation is 1. The van der Waals surface area contributed by atoms with E-state index in [2.05, 4.69) is 15.0 Å². The zero-order chi connectivity index (χ0) is 21.7. The van der Waals surface area contributed by atoms with Gasteiger partial charge in [0.25, 0.3) is 0 Å². The highest BCUT2D eigenvalue weighted by Gasteiger charge is 2.23. The minimum absolute atomic E-state index is 0.111. The smallest absolute Gasteiger partial charge is 0.437 e. The topological polar surface area (TPSA) is 144 Å². The van der Waals surface area contributed by atoms with Crippen LogP contribution in [-0.2, 0) is 11.3 Å². The van der Waals surface area contributed by atoms with Crippen LogP contribution in [0.15, 0.2) is 35.6 Å². The summed E-state index contributed by atoms with van der Waals surface area (Å²) in [5.41, 5.74) is 12.6. The van der Waals surface area contributed by atoms with E-state index in [1.165, 1.54) is 12.1 Å². The molecule has 0 bridgehead atoms. The van der Waals surface area contributed by atoms with E-state index in [0.29, 0.717) is 25.3 Å². The molecule has 1 aliphatic heterocycles. The number of halogens is 1. The van der Waals surface area contributed by atoms with Crippen molar-refractivity contribution in [2.45, 2.75) is 20.0 Å². The maximum atomic E-state index is 15.2. The summed E-state index contributed by atoms with van der Waals surface area (Å²) in [6.45, 7) is 2.40. The third-order valence-corrected chi connectivity index (χ3v) is 4.48. The van der Waals surface area contributed by atoms with Crippen molar-refractivity contribution in [3.05, 3.63) is 58.9 Å². The molecule has 1 aromatic carbocycles. The van der Waals surface area contributed by atoms with E-state index in [9.17, 15) is 10.1 Å². The van der Waals surface area contributed by atoms with Crippen LogP contribution in [0.3, 0.4) is 0 Å². The molecule has 0 saturated heterocycles. The lowest BCUT2D eigenvalue weighted by atomic mass is 10.0. The fourth-order valence-electron chi connectivity index (χ4n) is 3.03. The molecule has 2 heterocycles. The second-order valence-electron chi connectivity index (χ2n) is 6.65. The number of guanidine groups is 1. The first-order chi connectivity index (χ1) is 14.4. The van der Waals surface area contributed by atoms with Gasteiger partial charge in [0.05, 0.1) is 11.3 Å². The Labute approximate surface area is 172 Å². The van der Waals surface area contributed by atoms with Crippen LogP contribution in [0.25, 0.3) is 5.57 Å². The molecule has 0 fully saturated rings. The molecule has 0 radical (unpaired) electrons. The number of nitriles is 1. The Bertz CT molecular complexity index is 1050. The van der Waals surface area contributed by atoms with E-state index in [1.807, 2.05) is 19.1 Å². The van der Waals surface area contributed by atoms with Crippen molar-refractivity contribution in [1.82, 2.24) is 9.97 Å². The Kier molecular flexibility index (Phi) is 6.22. The number of nitrogens with zero attached hydrogens (tertiary/aromatic N) is 5. The molecule has 0 aliphatic carbocycles. The molecule has 1 aliphatic rings. The zero-order valence-electron chi connectivity index (χ0n) is 16.3. The molecule has 30 heavy (non-hydrogen) atoms. The molecule has 1 amide bonds. The maximum Gasteiger partial charge on any atom is 0.437 e. The van der Waals surface area contributed by atoms with Crippen molar-refractivity contribution < 1.29 is 13.9 Å². The predicted octanol–water partition coefficient (Wildman–Crippen LogP) is 2.00. The summed E-state index contributed by atoms with van der Waals surface area (Å²) in [7, 11) is 0. The summed E-state index contributed by atoms with van der Waals surface area (Å²) in [4.78, 5) is 25.1. The van der Waals surface area contributed by atoms with Crippen LogP contribution in [0.1, 0.15) is 28.9 Å². The summed E-state index contributed by atoms with van der Waals surface area (Å²) in [5, 5.41) is 9.43. The number of carbonyl (C=O) groups excluding carboxylic acids is 1. The van der Waals surface area contributed by atoms with E-state index in [-0.39, 0.29) is 23.4 Å². The van der Waals surface area contributed by atoms with Gasteiger partial charge in [-0.2, -0.15) is 5.26 Å². The summed E-state index contributed by atoms with van der Waals surface area (Å²) in [6, 6.07) is 4.90. The van der Waals surface area contributed by atoms with E-state index < -0.39 is 17.9 Å².